The minimum Gasteiger partial charge on any atom is -0.395 e. The molecule has 0 radical (unpaired) electrons. The summed E-state index contributed by atoms with van der Waals surface area (Å²) in [6.45, 7) is 3.73. The summed E-state index contributed by atoms with van der Waals surface area (Å²) in [5.41, 5.74) is 5.94. The molecule has 1 rings (SSSR count). The Bertz CT molecular complexity index is 367. The van der Waals surface area contributed by atoms with E-state index in [1.807, 2.05) is 17.9 Å². The number of likely N-dealkylation sites (N-methyl/N-ethyl adjacent to an activating group) is 1. The zero-order chi connectivity index (χ0) is 13.4. The van der Waals surface area contributed by atoms with E-state index in [-0.39, 0.29) is 12.5 Å². The molecule has 0 saturated carbocycles. The minimum atomic E-state index is -0.116. The number of nitrogens with two attached hydrogens (primary N) is 1. The van der Waals surface area contributed by atoms with Crippen LogP contribution in [0.3, 0.4) is 0 Å². The first-order valence-electron chi connectivity index (χ1n) is 6.03. The van der Waals surface area contributed by atoms with E-state index >= 15 is 0 Å². The van der Waals surface area contributed by atoms with Crippen LogP contribution < -0.4 is 16.0 Å². The number of pyridine rings is 1. The highest BCUT2D eigenvalue weighted by Gasteiger charge is 2.06. The Balaban J connectivity index is 2.64. The summed E-state index contributed by atoms with van der Waals surface area (Å²) in [6, 6.07) is 3.61. The van der Waals surface area contributed by atoms with Gasteiger partial charge in [-0.2, -0.15) is 0 Å². The van der Waals surface area contributed by atoms with Crippen LogP contribution in [0.1, 0.15) is 13.3 Å². The first kappa shape index (κ1) is 14.4. The number of carbonyl (C=O) groups is 1. The first-order chi connectivity index (χ1) is 8.71. The highest BCUT2D eigenvalue weighted by atomic mass is 16.3. The average Bonchev–Trinajstić information content (AvgIpc) is 2.37. The van der Waals surface area contributed by atoms with Crippen LogP contribution in [0.25, 0.3) is 0 Å². The number of amides is 1. The number of rotatable bonds is 7. The molecule has 0 bridgehead atoms. The lowest BCUT2D eigenvalue weighted by Gasteiger charge is -2.20. The molecule has 0 spiro atoms. The van der Waals surface area contributed by atoms with Crippen molar-refractivity contribution in [2.24, 2.45) is 5.73 Å². The van der Waals surface area contributed by atoms with Gasteiger partial charge in [-0.1, -0.05) is 0 Å². The minimum absolute atomic E-state index is 0.0878. The fourth-order valence-corrected chi connectivity index (χ4v) is 1.56. The van der Waals surface area contributed by atoms with Crippen molar-refractivity contribution in [3.63, 3.8) is 0 Å². The molecule has 4 N–H and O–H groups in total. The standard InChI is InChI=1S/C12H20N4O2/c1-2-16(7-8-17)11-4-3-10(9-14-11)15-12(18)5-6-13/h3-4,9,17H,2,5-8,13H2,1H3,(H,15,18). The molecule has 1 heterocycles. The number of anilines is 2. The van der Waals surface area contributed by atoms with Gasteiger partial charge in [0.25, 0.3) is 0 Å². The van der Waals surface area contributed by atoms with Crippen molar-refractivity contribution < 1.29 is 9.90 Å². The second-order valence-corrected chi connectivity index (χ2v) is 3.80. The van der Waals surface area contributed by atoms with Gasteiger partial charge in [-0.25, -0.2) is 4.98 Å². The Hall–Kier alpha value is -1.66. The third-order valence-electron chi connectivity index (χ3n) is 2.48. The van der Waals surface area contributed by atoms with Crippen molar-refractivity contribution in [2.75, 3.05) is 36.5 Å². The Morgan fingerprint density at radius 2 is 2.33 bits per heavy atom. The number of hydrogen-bond donors (Lipinski definition) is 3. The summed E-state index contributed by atoms with van der Waals surface area (Å²) in [7, 11) is 0. The van der Waals surface area contributed by atoms with Crippen LogP contribution in [0.5, 0.6) is 0 Å². The van der Waals surface area contributed by atoms with Gasteiger partial charge < -0.3 is 21.1 Å². The van der Waals surface area contributed by atoms with Crippen LogP contribution in [0.4, 0.5) is 11.5 Å². The van der Waals surface area contributed by atoms with Gasteiger partial charge in [0.05, 0.1) is 18.5 Å². The van der Waals surface area contributed by atoms with Gasteiger partial charge in [0, 0.05) is 26.1 Å². The summed E-state index contributed by atoms with van der Waals surface area (Å²) < 4.78 is 0. The van der Waals surface area contributed by atoms with Gasteiger partial charge in [-0.05, 0) is 19.1 Å². The molecule has 100 valence electrons. The van der Waals surface area contributed by atoms with Crippen LogP contribution in [0.2, 0.25) is 0 Å². The van der Waals surface area contributed by atoms with Gasteiger partial charge in [0.15, 0.2) is 0 Å². The molecule has 0 aromatic carbocycles. The third-order valence-corrected chi connectivity index (χ3v) is 2.48. The van der Waals surface area contributed by atoms with Crippen molar-refractivity contribution in [1.29, 1.82) is 0 Å². The molecule has 6 nitrogen and oxygen atoms in total. The molecule has 1 aromatic rings. The Labute approximate surface area is 107 Å². The number of aliphatic hydroxyl groups excluding tert-OH is 1. The SMILES string of the molecule is CCN(CCO)c1ccc(NC(=O)CCN)cn1. The number of aromatic nitrogens is 1. The Morgan fingerprint density at radius 3 is 2.83 bits per heavy atom. The monoisotopic (exact) mass is 252 g/mol. The number of hydrogen-bond acceptors (Lipinski definition) is 5. The van der Waals surface area contributed by atoms with E-state index in [0.29, 0.717) is 25.2 Å². The molecule has 18 heavy (non-hydrogen) atoms. The van der Waals surface area contributed by atoms with E-state index in [9.17, 15) is 4.79 Å². The Morgan fingerprint density at radius 1 is 1.56 bits per heavy atom. The number of aliphatic hydroxyl groups is 1. The lowest BCUT2D eigenvalue weighted by Crippen LogP contribution is -2.27. The van der Waals surface area contributed by atoms with Gasteiger partial charge in [0.2, 0.25) is 5.91 Å². The number of nitrogens with zero attached hydrogens (tertiary/aromatic N) is 2. The molecule has 0 saturated heterocycles. The second kappa shape index (κ2) is 7.62. The van der Waals surface area contributed by atoms with Crippen molar-refractivity contribution in [3.05, 3.63) is 18.3 Å². The molecule has 0 aliphatic rings. The summed E-state index contributed by atoms with van der Waals surface area (Å²) in [5, 5.41) is 11.6. The highest BCUT2D eigenvalue weighted by molar-refractivity contribution is 5.90. The molecule has 6 heteroatoms. The molecule has 0 unspecified atom stereocenters. The van der Waals surface area contributed by atoms with Crippen molar-refractivity contribution in [1.82, 2.24) is 4.98 Å². The van der Waals surface area contributed by atoms with E-state index < -0.39 is 0 Å². The first-order valence-corrected chi connectivity index (χ1v) is 6.03. The lowest BCUT2D eigenvalue weighted by atomic mass is 10.3. The highest BCUT2D eigenvalue weighted by Crippen LogP contribution is 2.13. The fourth-order valence-electron chi connectivity index (χ4n) is 1.56. The van der Waals surface area contributed by atoms with E-state index in [4.69, 9.17) is 10.8 Å². The fraction of sp³-hybridized carbons (Fsp3) is 0.500. The summed E-state index contributed by atoms with van der Waals surface area (Å²) >= 11 is 0. The van der Waals surface area contributed by atoms with E-state index in [2.05, 4.69) is 10.3 Å². The topological polar surface area (TPSA) is 91.5 Å². The predicted molar refractivity (Wildman–Crippen MR) is 71.5 cm³/mol. The molecule has 0 aliphatic carbocycles. The van der Waals surface area contributed by atoms with Crippen LogP contribution >= 0.6 is 0 Å². The van der Waals surface area contributed by atoms with Gasteiger partial charge in [-0.15, -0.1) is 0 Å². The zero-order valence-electron chi connectivity index (χ0n) is 10.6. The molecule has 0 atom stereocenters. The molecule has 1 amide bonds. The summed E-state index contributed by atoms with van der Waals surface area (Å²) in [6.07, 6.45) is 1.90. The second-order valence-electron chi connectivity index (χ2n) is 3.80. The smallest absolute Gasteiger partial charge is 0.225 e. The van der Waals surface area contributed by atoms with E-state index in [0.717, 1.165) is 12.4 Å². The van der Waals surface area contributed by atoms with Crippen LogP contribution in [0, 0.1) is 0 Å². The third kappa shape index (κ3) is 4.31. The molecule has 1 aromatic heterocycles. The van der Waals surface area contributed by atoms with Gasteiger partial charge in [-0.3, -0.25) is 4.79 Å². The van der Waals surface area contributed by atoms with Gasteiger partial charge >= 0.3 is 0 Å². The quantitative estimate of drug-likeness (QED) is 0.644. The van der Waals surface area contributed by atoms with E-state index in [1.54, 1.807) is 12.3 Å². The molecular formula is C12H20N4O2. The Kier molecular flexibility index (Phi) is 6.10. The van der Waals surface area contributed by atoms with Crippen LogP contribution in [-0.4, -0.2) is 42.2 Å². The van der Waals surface area contributed by atoms with Crippen LogP contribution in [0.15, 0.2) is 18.3 Å². The number of nitrogens with one attached hydrogen (secondary N) is 1. The molecular weight excluding hydrogens is 232 g/mol. The normalized spacial score (nSPS) is 10.2. The number of carbonyl (C=O) groups excluding carboxylic acids is 1. The maximum atomic E-state index is 11.3. The largest absolute Gasteiger partial charge is 0.395 e. The molecule has 0 fully saturated rings. The maximum absolute atomic E-state index is 11.3. The van der Waals surface area contributed by atoms with Crippen molar-refractivity contribution in [2.45, 2.75) is 13.3 Å². The van der Waals surface area contributed by atoms with Gasteiger partial charge in [0.1, 0.15) is 5.82 Å². The maximum Gasteiger partial charge on any atom is 0.225 e. The summed E-state index contributed by atoms with van der Waals surface area (Å²) in [4.78, 5) is 17.5. The summed E-state index contributed by atoms with van der Waals surface area (Å²) in [5.74, 6) is 0.665. The van der Waals surface area contributed by atoms with Crippen molar-refractivity contribution >= 4 is 17.4 Å². The van der Waals surface area contributed by atoms with Crippen LogP contribution in [-0.2, 0) is 4.79 Å². The lowest BCUT2D eigenvalue weighted by molar-refractivity contribution is -0.116. The average molecular weight is 252 g/mol. The predicted octanol–water partition coefficient (Wildman–Crippen LogP) is 0.187. The molecule has 0 aliphatic heterocycles. The van der Waals surface area contributed by atoms with Crippen molar-refractivity contribution in [3.8, 4) is 0 Å². The zero-order valence-corrected chi connectivity index (χ0v) is 10.6. The van der Waals surface area contributed by atoms with E-state index in [1.165, 1.54) is 0 Å².